The zero-order chi connectivity index (χ0) is 12.1. The van der Waals surface area contributed by atoms with Gasteiger partial charge in [-0.2, -0.15) is 0 Å². The molecule has 88 valence electrons. The summed E-state index contributed by atoms with van der Waals surface area (Å²) >= 11 is 0. The van der Waals surface area contributed by atoms with E-state index in [1.807, 2.05) is 0 Å². The maximum absolute atomic E-state index is 12.8. The Bertz CT molecular complexity index is 379. The molecule has 0 bridgehead atoms. The number of carboxylic acids is 1. The molecule has 1 atom stereocenters. The highest BCUT2D eigenvalue weighted by molar-refractivity contribution is 5.94. The van der Waals surface area contributed by atoms with E-state index < -0.39 is 17.9 Å². The summed E-state index contributed by atoms with van der Waals surface area (Å²) in [4.78, 5) is 10.8. The molecule has 3 N–H and O–H groups in total. The van der Waals surface area contributed by atoms with Gasteiger partial charge >= 0.3 is 5.97 Å². The fourth-order valence-electron chi connectivity index (χ4n) is 1.26. The van der Waals surface area contributed by atoms with Gasteiger partial charge in [0.15, 0.2) is 0 Å². The van der Waals surface area contributed by atoms with Crippen LogP contribution in [0.1, 0.15) is 23.7 Å². The zero-order valence-corrected chi connectivity index (χ0v) is 8.90. The van der Waals surface area contributed by atoms with E-state index in [-0.39, 0.29) is 5.56 Å². The molecule has 1 aromatic carbocycles. The van der Waals surface area contributed by atoms with Crippen molar-refractivity contribution in [1.82, 2.24) is 0 Å². The average Bonchev–Trinajstić information content (AvgIpc) is 2.19. The molecular weight excluding hydrogens is 213 g/mol. The van der Waals surface area contributed by atoms with Crippen molar-refractivity contribution < 1.29 is 19.4 Å². The quantitative estimate of drug-likeness (QED) is 0.716. The van der Waals surface area contributed by atoms with Gasteiger partial charge < -0.3 is 15.5 Å². The van der Waals surface area contributed by atoms with Crippen molar-refractivity contribution >= 4 is 11.7 Å². The van der Waals surface area contributed by atoms with E-state index in [0.29, 0.717) is 18.7 Å². The summed E-state index contributed by atoms with van der Waals surface area (Å²) in [5, 5.41) is 20.7. The highest BCUT2D eigenvalue weighted by atomic mass is 19.1. The Kier molecular flexibility index (Phi) is 4.25. The first-order valence-corrected chi connectivity index (χ1v) is 4.95. The van der Waals surface area contributed by atoms with Crippen molar-refractivity contribution in [3.05, 3.63) is 29.6 Å². The molecule has 1 aromatic rings. The van der Waals surface area contributed by atoms with Crippen LogP contribution in [-0.2, 0) is 0 Å². The van der Waals surface area contributed by atoms with E-state index in [1.54, 1.807) is 6.92 Å². The summed E-state index contributed by atoms with van der Waals surface area (Å²) in [7, 11) is 0. The van der Waals surface area contributed by atoms with Crippen LogP contribution in [0.15, 0.2) is 18.2 Å². The maximum atomic E-state index is 12.8. The number of halogens is 1. The van der Waals surface area contributed by atoms with Crippen LogP contribution >= 0.6 is 0 Å². The lowest BCUT2D eigenvalue weighted by molar-refractivity contribution is 0.0697. The fraction of sp³-hybridized carbons (Fsp3) is 0.364. The van der Waals surface area contributed by atoms with Crippen molar-refractivity contribution in [2.75, 3.05) is 11.9 Å². The minimum Gasteiger partial charge on any atom is -0.478 e. The highest BCUT2D eigenvalue weighted by Gasteiger charge is 2.10. The van der Waals surface area contributed by atoms with Crippen LogP contribution in [0.25, 0.3) is 0 Å². The third kappa shape index (κ3) is 3.51. The summed E-state index contributed by atoms with van der Waals surface area (Å²) in [6, 6.07) is 3.53. The lowest BCUT2D eigenvalue weighted by Crippen LogP contribution is -2.12. The lowest BCUT2D eigenvalue weighted by atomic mass is 10.1. The Morgan fingerprint density at radius 3 is 2.81 bits per heavy atom. The molecule has 1 unspecified atom stereocenters. The summed E-state index contributed by atoms with van der Waals surface area (Å²) in [6.07, 6.45) is 0.0393. The van der Waals surface area contributed by atoms with Crippen molar-refractivity contribution in [1.29, 1.82) is 0 Å². The number of anilines is 1. The zero-order valence-electron chi connectivity index (χ0n) is 8.90. The largest absolute Gasteiger partial charge is 0.478 e. The Morgan fingerprint density at radius 2 is 2.25 bits per heavy atom. The van der Waals surface area contributed by atoms with Crippen molar-refractivity contribution in [2.24, 2.45) is 0 Å². The van der Waals surface area contributed by atoms with E-state index >= 15 is 0 Å². The third-order valence-electron chi connectivity index (χ3n) is 2.09. The average molecular weight is 227 g/mol. The van der Waals surface area contributed by atoms with E-state index in [9.17, 15) is 9.18 Å². The Hall–Kier alpha value is -1.62. The van der Waals surface area contributed by atoms with Crippen LogP contribution in [0.4, 0.5) is 10.1 Å². The number of nitrogens with one attached hydrogen (secondary N) is 1. The van der Waals surface area contributed by atoms with Gasteiger partial charge in [-0.3, -0.25) is 0 Å². The summed E-state index contributed by atoms with van der Waals surface area (Å²) in [5.74, 6) is -1.77. The maximum Gasteiger partial charge on any atom is 0.337 e. The van der Waals surface area contributed by atoms with Gasteiger partial charge in [0.2, 0.25) is 0 Å². The predicted molar refractivity (Wildman–Crippen MR) is 58.1 cm³/mol. The number of aliphatic hydroxyl groups is 1. The van der Waals surface area contributed by atoms with Crippen molar-refractivity contribution in [2.45, 2.75) is 19.4 Å². The van der Waals surface area contributed by atoms with Gasteiger partial charge in [0.25, 0.3) is 0 Å². The first kappa shape index (κ1) is 12.4. The second kappa shape index (κ2) is 5.46. The molecule has 0 radical (unpaired) electrons. The van der Waals surface area contributed by atoms with Crippen LogP contribution in [0, 0.1) is 5.82 Å². The summed E-state index contributed by atoms with van der Waals surface area (Å²) in [5.41, 5.74) is 0.250. The van der Waals surface area contributed by atoms with Gasteiger partial charge in [-0.1, -0.05) is 0 Å². The number of hydrogen-bond donors (Lipinski definition) is 3. The fourth-order valence-corrected chi connectivity index (χ4v) is 1.26. The smallest absolute Gasteiger partial charge is 0.337 e. The van der Waals surface area contributed by atoms with E-state index in [0.717, 1.165) is 6.07 Å². The normalized spacial score (nSPS) is 12.2. The number of aromatic carboxylic acids is 1. The first-order valence-electron chi connectivity index (χ1n) is 4.95. The van der Waals surface area contributed by atoms with Crippen molar-refractivity contribution in [3.63, 3.8) is 0 Å². The number of carboxylic acid groups (broad SMARTS) is 1. The molecule has 0 aliphatic carbocycles. The van der Waals surface area contributed by atoms with Crippen LogP contribution in [0.2, 0.25) is 0 Å². The van der Waals surface area contributed by atoms with Crippen molar-refractivity contribution in [3.8, 4) is 0 Å². The third-order valence-corrected chi connectivity index (χ3v) is 2.09. The molecule has 0 heterocycles. The van der Waals surface area contributed by atoms with E-state index in [2.05, 4.69) is 5.32 Å². The first-order chi connectivity index (χ1) is 7.50. The standard InChI is InChI=1S/C11H14FNO3/c1-7(14)4-5-13-10-3-2-8(12)6-9(10)11(15)16/h2-3,6-7,13-14H,4-5H2,1H3,(H,15,16). The van der Waals surface area contributed by atoms with Crippen LogP contribution in [0.5, 0.6) is 0 Å². The Labute approximate surface area is 92.7 Å². The number of carbonyl (C=O) groups is 1. The minimum atomic E-state index is -1.18. The van der Waals surface area contributed by atoms with Gasteiger partial charge in [0, 0.05) is 12.2 Å². The summed E-state index contributed by atoms with van der Waals surface area (Å²) < 4.78 is 12.8. The molecule has 16 heavy (non-hydrogen) atoms. The lowest BCUT2D eigenvalue weighted by Gasteiger charge is -2.10. The number of aliphatic hydroxyl groups excluding tert-OH is 1. The minimum absolute atomic E-state index is 0.106. The van der Waals surface area contributed by atoms with Crippen LogP contribution < -0.4 is 5.32 Å². The molecule has 0 aromatic heterocycles. The molecule has 0 fully saturated rings. The molecule has 0 saturated heterocycles. The molecule has 0 amide bonds. The molecule has 1 rings (SSSR count). The molecule has 0 aliphatic heterocycles. The van der Waals surface area contributed by atoms with E-state index in [4.69, 9.17) is 10.2 Å². The number of hydrogen-bond acceptors (Lipinski definition) is 3. The number of rotatable bonds is 5. The topological polar surface area (TPSA) is 69.6 Å². The number of benzene rings is 1. The van der Waals surface area contributed by atoms with Gasteiger partial charge in [-0.25, -0.2) is 9.18 Å². The van der Waals surface area contributed by atoms with Gasteiger partial charge in [0.05, 0.1) is 11.7 Å². The monoisotopic (exact) mass is 227 g/mol. The van der Waals surface area contributed by atoms with Gasteiger partial charge in [0.1, 0.15) is 5.82 Å². The van der Waals surface area contributed by atoms with Gasteiger partial charge in [-0.05, 0) is 31.5 Å². The Balaban J connectivity index is 2.75. The Morgan fingerprint density at radius 1 is 1.56 bits per heavy atom. The SMILES string of the molecule is CC(O)CCNc1ccc(F)cc1C(=O)O. The van der Waals surface area contributed by atoms with Gasteiger partial charge in [-0.15, -0.1) is 0 Å². The molecule has 4 nitrogen and oxygen atoms in total. The molecular formula is C11H14FNO3. The molecule has 0 spiro atoms. The van der Waals surface area contributed by atoms with E-state index in [1.165, 1.54) is 12.1 Å². The summed E-state index contributed by atoms with van der Waals surface area (Å²) in [6.45, 7) is 2.08. The highest BCUT2D eigenvalue weighted by Crippen LogP contribution is 2.17. The molecule has 0 aliphatic rings. The second-order valence-electron chi connectivity index (χ2n) is 3.56. The second-order valence-corrected chi connectivity index (χ2v) is 3.56. The molecule has 0 saturated carbocycles. The van der Waals surface area contributed by atoms with Crippen LogP contribution in [0.3, 0.4) is 0 Å². The predicted octanol–water partition coefficient (Wildman–Crippen LogP) is 1.71. The van der Waals surface area contributed by atoms with Crippen LogP contribution in [-0.4, -0.2) is 28.8 Å². The molecule has 5 heteroatoms.